The van der Waals surface area contributed by atoms with Gasteiger partial charge in [0.1, 0.15) is 0 Å². The van der Waals surface area contributed by atoms with Crippen LogP contribution < -0.4 is 10.6 Å². The number of hydrogen-bond donors (Lipinski definition) is 3. The molecule has 1 aromatic rings. The van der Waals surface area contributed by atoms with Gasteiger partial charge >= 0.3 is 0 Å². The molecule has 0 heterocycles. The minimum absolute atomic E-state index is 0.400. The molecule has 0 radical (unpaired) electrons. The van der Waals surface area contributed by atoms with Crippen molar-refractivity contribution in [3.8, 4) is 0 Å². The van der Waals surface area contributed by atoms with E-state index in [2.05, 4.69) is 10.6 Å². The lowest BCUT2D eigenvalue weighted by molar-refractivity contribution is 0.198. The number of hydrogen-bond acceptors (Lipinski definition) is 2. The zero-order valence-corrected chi connectivity index (χ0v) is 9.77. The number of aliphatic hydroxyl groups is 1. The Bertz CT molecular complexity index is 322. The van der Waals surface area contributed by atoms with Crippen molar-refractivity contribution >= 4 is 23.0 Å². The second kappa shape index (κ2) is 5.68. The number of aliphatic hydroxyl groups excluding tert-OH is 1. The van der Waals surface area contributed by atoms with Crippen molar-refractivity contribution in [3.05, 3.63) is 29.8 Å². The van der Waals surface area contributed by atoms with E-state index in [9.17, 15) is 0 Å². The Morgan fingerprint density at radius 2 is 2.00 bits per heavy atom. The van der Waals surface area contributed by atoms with Crippen LogP contribution in [0, 0.1) is 6.92 Å². The van der Waals surface area contributed by atoms with E-state index < -0.39 is 6.10 Å². The van der Waals surface area contributed by atoms with Gasteiger partial charge in [0.15, 0.2) is 5.11 Å². The van der Waals surface area contributed by atoms with Crippen LogP contribution in [0.3, 0.4) is 0 Å². The van der Waals surface area contributed by atoms with Gasteiger partial charge in [-0.2, -0.15) is 0 Å². The summed E-state index contributed by atoms with van der Waals surface area (Å²) in [5.41, 5.74) is 2.16. The van der Waals surface area contributed by atoms with E-state index >= 15 is 0 Å². The molecule has 0 aliphatic rings. The van der Waals surface area contributed by atoms with Gasteiger partial charge in [-0.15, -0.1) is 0 Å². The Morgan fingerprint density at radius 3 is 2.53 bits per heavy atom. The summed E-state index contributed by atoms with van der Waals surface area (Å²) in [5.74, 6) is 0. The van der Waals surface area contributed by atoms with E-state index in [-0.39, 0.29) is 0 Å². The molecule has 1 aromatic carbocycles. The van der Waals surface area contributed by atoms with Crippen LogP contribution in [-0.2, 0) is 0 Å². The van der Waals surface area contributed by atoms with Crippen LogP contribution in [0.1, 0.15) is 12.5 Å². The molecule has 3 nitrogen and oxygen atoms in total. The quantitative estimate of drug-likeness (QED) is 0.683. The maximum atomic E-state index is 9.05. The van der Waals surface area contributed by atoms with Crippen molar-refractivity contribution in [1.82, 2.24) is 5.32 Å². The molecule has 0 aliphatic carbocycles. The summed E-state index contributed by atoms with van der Waals surface area (Å²) in [4.78, 5) is 0. The summed E-state index contributed by atoms with van der Waals surface area (Å²) < 4.78 is 0. The number of thiocarbonyl (C=S) groups is 1. The molecule has 0 fully saturated rings. The normalized spacial score (nSPS) is 11.9. The summed E-state index contributed by atoms with van der Waals surface area (Å²) in [5, 5.41) is 15.5. The maximum Gasteiger partial charge on any atom is 0.170 e. The fourth-order valence-corrected chi connectivity index (χ4v) is 1.25. The maximum absolute atomic E-state index is 9.05. The number of aryl methyl sites for hydroxylation is 1. The first-order chi connectivity index (χ1) is 7.08. The van der Waals surface area contributed by atoms with E-state index in [1.165, 1.54) is 5.56 Å². The molecule has 0 aliphatic heterocycles. The molecule has 1 atom stereocenters. The van der Waals surface area contributed by atoms with Gasteiger partial charge in [0, 0.05) is 12.2 Å². The lowest BCUT2D eigenvalue weighted by Gasteiger charge is -2.11. The third-order valence-electron chi connectivity index (χ3n) is 1.87. The minimum atomic E-state index is -0.400. The molecule has 1 unspecified atom stereocenters. The molecule has 0 bridgehead atoms. The number of nitrogens with one attached hydrogen (secondary N) is 2. The molecular weight excluding hydrogens is 208 g/mol. The lowest BCUT2D eigenvalue weighted by atomic mass is 10.2. The average Bonchev–Trinajstić information content (AvgIpc) is 2.19. The minimum Gasteiger partial charge on any atom is -0.392 e. The molecule has 0 saturated heterocycles. The van der Waals surface area contributed by atoms with Crippen LogP contribution in [0.15, 0.2) is 24.3 Å². The molecule has 0 spiro atoms. The second-order valence-electron chi connectivity index (χ2n) is 3.55. The number of benzene rings is 1. The van der Waals surface area contributed by atoms with E-state index in [4.69, 9.17) is 17.3 Å². The summed E-state index contributed by atoms with van der Waals surface area (Å²) in [6.45, 7) is 4.20. The SMILES string of the molecule is Cc1ccc(NC(=S)NCC(C)O)cc1. The van der Waals surface area contributed by atoms with Gasteiger partial charge in [-0.05, 0) is 38.2 Å². The second-order valence-corrected chi connectivity index (χ2v) is 3.96. The highest BCUT2D eigenvalue weighted by Crippen LogP contribution is 2.07. The highest BCUT2D eigenvalue weighted by atomic mass is 32.1. The van der Waals surface area contributed by atoms with E-state index in [0.29, 0.717) is 11.7 Å². The summed E-state index contributed by atoms with van der Waals surface area (Å²) in [7, 11) is 0. The van der Waals surface area contributed by atoms with Crippen molar-refractivity contribution in [3.63, 3.8) is 0 Å². The smallest absolute Gasteiger partial charge is 0.170 e. The number of rotatable bonds is 3. The standard InChI is InChI=1S/C11H16N2OS/c1-8-3-5-10(6-4-8)13-11(15)12-7-9(2)14/h3-6,9,14H,7H2,1-2H3,(H2,12,13,15). The lowest BCUT2D eigenvalue weighted by Crippen LogP contribution is -2.33. The Morgan fingerprint density at radius 1 is 1.40 bits per heavy atom. The molecule has 0 aromatic heterocycles. The monoisotopic (exact) mass is 224 g/mol. The molecule has 82 valence electrons. The largest absolute Gasteiger partial charge is 0.392 e. The highest BCUT2D eigenvalue weighted by Gasteiger charge is 1.99. The Labute approximate surface area is 95.5 Å². The van der Waals surface area contributed by atoms with E-state index in [1.54, 1.807) is 6.92 Å². The van der Waals surface area contributed by atoms with Crippen LogP contribution in [0.5, 0.6) is 0 Å². The van der Waals surface area contributed by atoms with Crippen LogP contribution >= 0.6 is 12.2 Å². The summed E-state index contributed by atoms with van der Waals surface area (Å²) in [6.07, 6.45) is -0.400. The average molecular weight is 224 g/mol. The third-order valence-corrected chi connectivity index (χ3v) is 2.11. The number of anilines is 1. The van der Waals surface area contributed by atoms with Crippen molar-refractivity contribution in [2.75, 3.05) is 11.9 Å². The van der Waals surface area contributed by atoms with Gasteiger partial charge in [0.2, 0.25) is 0 Å². The highest BCUT2D eigenvalue weighted by molar-refractivity contribution is 7.80. The Kier molecular flexibility index (Phi) is 4.52. The van der Waals surface area contributed by atoms with Crippen LogP contribution in [-0.4, -0.2) is 22.9 Å². The summed E-state index contributed by atoms with van der Waals surface area (Å²) >= 11 is 5.05. The van der Waals surface area contributed by atoms with Gasteiger partial charge in [-0.1, -0.05) is 17.7 Å². The van der Waals surface area contributed by atoms with Gasteiger partial charge in [-0.25, -0.2) is 0 Å². The predicted octanol–water partition coefficient (Wildman–Crippen LogP) is 1.66. The van der Waals surface area contributed by atoms with E-state index in [0.717, 1.165) is 5.69 Å². The van der Waals surface area contributed by atoms with Gasteiger partial charge in [0.05, 0.1) is 6.10 Å². The van der Waals surface area contributed by atoms with Gasteiger partial charge in [0.25, 0.3) is 0 Å². The first-order valence-electron chi connectivity index (χ1n) is 4.87. The van der Waals surface area contributed by atoms with Crippen LogP contribution in [0.25, 0.3) is 0 Å². The third kappa shape index (κ3) is 4.76. The van der Waals surface area contributed by atoms with E-state index in [1.807, 2.05) is 31.2 Å². The Balaban J connectivity index is 2.41. The van der Waals surface area contributed by atoms with Crippen molar-refractivity contribution in [1.29, 1.82) is 0 Å². The first-order valence-corrected chi connectivity index (χ1v) is 5.28. The van der Waals surface area contributed by atoms with Crippen LogP contribution in [0.4, 0.5) is 5.69 Å². The first kappa shape index (κ1) is 11.9. The zero-order chi connectivity index (χ0) is 11.3. The van der Waals surface area contributed by atoms with Crippen molar-refractivity contribution in [2.24, 2.45) is 0 Å². The molecule has 4 heteroatoms. The van der Waals surface area contributed by atoms with Gasteiger partial charge in [-0.3, -0.25) is 0 Å². The fourth-order valence-electron chi connectivity index (χ4n) is 1.05. The molecule has 0 saturated carbocycles. The topological polar surface area (TPSA) is 44.3 Å². The zero-order valence-electron chi connectivity index (χ0n) is 8.95. The van der Waals surface area contributed by atoms with Crippen molar-refractivity contribution in [2.45, 2.75) is 20.0 Å². The van der Waals surface area contributed by atoms with Crippen LogP contribution in [0.2, 0.25) is 0 Å². The molecule has 15 heavy (non-hydrogen) atoms. The molecular formula is C11H16N2OS. The predicted molar refractivity (Wildman–Crippen MR) is 67.1 cm³/mol. The molecule has 1 rings (SSSR count). The molecule has 0 amide bonds. The Hall–Kier alpha value is -1.13. The summed E-state index contributed by atoms with van der Waals surface area (Å²) in [6, 6.07) is 7.95. The van der Waals surface area contributed by atoms with Crippen molar-refractivity contribution < 1.29 is 5.11 Å². The van der Waals surface area contributed by atoms with Gasteiger partial charge < -0.3 is 15.7 Å². The molecule has 3 N–H and O–H groups in total. The fraction of sp³-hybridized carbons (Fsp3) is 0.364.